The fourth-order valence-electron chi connectivity index (χ4n) is 2.56. The summed E-state index contributed by atoms with van der Waals surface area (Å²) in [4.78, 5) is 14.6. The van der Waals surface area contributed by atoms with E-state index in [1.807, 2.05) is 0 Å². The maximum Gasteiger partial charge on any atom is 0.310 e. The normalized spacial score (nSPS) is 11.4. The van der Waals surface area contributed by atoms with Crippen molar-refractivity contribution >= 4 is 32.8 Å². The molecule has 0 bridgehead atoms. The zero-order valence-electron chi connectivity index (χ0n) is 14.6. The van der Waals surface area contributed by atoms with E-state index in [-0.39, 0.29) is 23.5 Å². The monoisotopic (exact) mass is 422 g/mol. The van der Waals surface area contributed by atoms with Crippen LogP contribution < -0.4 is 5.32 Å². The first-order chi connectivity index (χ1) is 13.3. The third kappa shape index (κ3) is 4.46. The van der Waals surface area contributed by atoms with Gasteiger partial charge in [-0.25, -0.2) is 8.42 Å². The van der Waals surface area contributed by atoms with Crippen LogP contribution in [0.1, 0.15) is 5.89 Å². The molecule has 3 aromatic rings. The van der Waals surface area contributed by atoms with Crippen LogP contribution in [0.4, 0.5) is 11.4 Å². The number of nitrogens with zero attached hydrogens (tertiary/aromatic N) is 3. The molecule has 11 heteroatoms. The number of nitro benzene ring substituents is 1. The number of benzene rings is 2. The molecule has 0 saturated carbocycles. The van der Waals surface area contributed by atoms with Crippen LogP contribution in [0.5, 0.6) is 0 Å². The summed E-state index contributed by atoms with van der Waals surface area (Å²) in [5, 5.41) is 18.6. The van der Waals surface area contributed by atoms with Gasteiger partial charge in [0.2, 0.25) is 11.7 Å². The molecule has 28 heavy (non-hydrogen) atoms. The van der Waals surface area contributed by atoms with Crippen molar-refractivity contribution in [3.8, 4) is 11.4 Å². The highest BCUT2D eigenvalue weighted by atomic mass is 35.5. The van der Waals surface area contributed by atoms with E-state index in [9.17, 15) is 18.5 Å². The number of anilines is 1. The summed E-state index contributed by atoms with van der Waals surface area (Å²) in [5.41, 5.74) is 0.310. The second kappa shape index (κ2) is 7.95. The van der Waals surface area contributed by atoms with E-state index in [0.717, 1.165) is 6.26 Å². The standard InChI is InChI=1S/C17H15ClN4O5S/c1-28(25,26)14-7-3-6-13(16(14)22(23)24)19-9-8-15-20-17(21-27-15)11-4-2-5-12(18)10-11/h2-7,10,19H,8-9H2,1H3. The Kier molecular flexibility index (Phi) is 5.61. The molecule has 9 nitrogen and oxygen atoms in total. The number of hydrogen-bond acceptors (Lipinski definition) is 8. The van der Waals surface area contributed by atoms with Gasteiger partial charge in [0.15, 0.2) is 9.84 Å². The Bertz CT molecular complexity index is 1130. The molecule has 1 N–H and O–H groups in total. The van der Waals surface area contributed by atoms with Crippen LogP contribution in [0.2, 0.25) is 5.02 Å². The smallest absolute Gasteiger partial charge is 0.310 e. The molecule has 0 aliphatic carbocycles. The number of rotatable bonds is 7. The number of halogens is 1. The van der Waals surface area contributed by atoms with Gasteiger partial charge in [0.05, 0.1) is 4.92 Å². The van der Waals surface area contributed by atoms with Crippen molar-refractivity contribution in [3.63, 3.8) is 0 Å². The zero-order chi connectivity index (χ0) is 20.3. The number of sulfone groups is 1. The van der Waals surface area contributed by atoms with Gasteiger partial charge >= 0.3 is 5.69 Å². The van der Waals surface area contributed by atoms with Crippen molar-refractivity contribution < 1.29 is 17.9 Å². The van der Waals surface area contributed by atoms with E-state index in [1.165, 1.54) is 18.2 Å². The molecule has 0 unspecified atom stereocenters. The maximum absolute atomic E-state index is 11.8. The van der Waals surface area contributed by atoms with Crippen molar-refractivity contribution in [1.82, 2.24) is 10.1 Å². The van der Waals surface area contributed by atoms with Crippen LogP contribution >= 0.6 is 11.6 Å². The molecular formula is C17H15ClN4O5S. The van der Waals surface area contributed by atoms with Crippen LogP contribution in [-0.4, -0.2) is 36.3 Å². The first-order valence-corrected chi connectivity index (χ1v) is 10.3. The number of aromatic nitrogens is 2. The third-order valence-corrected chi connectivity index (χ3v) is 5.15. The molecular weight excluding hydrogens is 408 g/mol. The Morgan fingerprint density at radius 3 is 2.68 bits per heavy atom. The van der Waals surface area contributed by atoms with E-state index >= 15 is 0 Å². The van der Waals surface area contributed by atoms with Gasteiger partial charge in [-0.2, -0.15) is 4.98 Å². The first kappa shape index (κ1) is 19.8. The highest BCUT2D eigenvalue weighted by molar-refractivity contribution is 7.90. The van der Waals surface area contributed by atoms with E-state index in [1.54, 1.807) is 24.3 Å². The fourth-order valence-corrected chi connectivity index (χ4v) is 3.61. The second-order valence-electron chi connectivity index (χ2n) is 5.88. The van der Waals surface area contributed by atoms with Crippen LogP contribution in [0.15, 0.2) is 51.9 Å². The number of nitro groups is 1. The lowest BCUT2D eigenvalue weighted by Gasteiger charge is -2.08. The summed E-state index contributed by atoms with van der Waals surface area (Å²) in [6, 6.07) is 11.1. The molecule has 146 valence electrons. The average molecular weight is 423 g/mol. The summed E-state index contributed by atoms with van der Waals surface area (Å²) in [6.45, 7) is 0.227. The predicted octanol–water partition coefficient (Wildman–Crippen LogP) is 3.36. The van der Waals surface area contributed by atoms with E-state index < -0.39 is 20.4 Å². The Morgan fingerprint density at radius 2 is 2.00 bits per heavy atom. The van der Waals surface area contributed by atoms with Gasteiger partial charge in [-0.05, 0) is 24.3 Å². The fraction of sp³-hybridized carbons (Fsp3) is 0.176. The summed E-state index contributed by atoms with van der Waals surface area (Å²) in [6.07, 6.45) is 1.21. The molecule has 0 atom stereocenters. The third-order valence-electron chi connectivity index (χ3n) is 3.79. The van der Waals surface area contributed by atoms with Gasteiger partial charge in [0.1, 0.15) is 10.6 Å². The average Bonchev–Trinajstić information content (AvgIpc) is 3.09. The molecule has 0 amide bonds. The van der Waals surface area contributed by atoms with Crippen molar-refractivity contribution in [2.45, 2.75) is 11.3 Å². The minimum absolute atomic E-state index is 0.0995. The molecule has 0 fully saturated rings. The molecule has 1 aromatic heterocycles. The lowest BCUT2D eigenvalue weighted by molar-refractivity contribution is -0.386. The van der Waals surface area contributed by atoms with Crippen molar-refractivity contribution in [1.29, 1.82) is 0 Å². The van der Waals surface area contributed by atoms with Crippen molar-refractivity contribution in [3.05, 3.63) is 63.5 Å². The van der Waals surface area contributed by atoms with Gasteiger partial charge in [-0.15, -0.1) is 0 Å². The van der Waals surface area contributed by atoms with Crippen LogP contribution in [-0.2, 0) is 16.3 Å². The molecule has 3 rings (SSSR count). The molecule has 0 saturated heterocycles. The Hall–Kier alpha value is -2.98. The van der Waals surface area contributed by atoms with E-state index in [0.29, 0.717) is 22.3 Å². The van der Waals surface area contributed by atoms with Crippen LogP contribution in [0.3, 0.4) is 0 Å². The van der Waals surface area contributed by atoms with Crippen LogP contribution in [0.25, 0.3) is 11.4 Å². The van der Waals surface area contributed by atoms with E-state index in [4.69, 9.17) is 16.1 Å². The molecule has 1 heterocycles. The highest BCUT2D eigenvalue weighted by Crippen LogP contribution is 2.31. The first-order valence-electron chi connectivity index (χ1n) is 8.05. The lowest BCUT2D eigenvalue weighted by atomic mass is 10.2. The van der Waals surface area contributed by atoms with Crippen LogP contribution in [0, 0.1) is 10.1 Å². The molecule has 0 aliphatic rings. The predicted molar refractivity (Wildman–Crippen MR) is 103 cm³/mol. The highest BCUT2D eigenvalue weighted by Gasteiger charge is 2.26. The number of nitrogens with one attached hydrogen (secondary N) is 1. The summed E-state index contributed by atoms with van der Waals surface area (Å²) < 4.78 is 28.8. The minimum atomic E-state index is -3.74. The number of hydrogen-bond donors (Lipinski definition) is 1. The van der Waals surface area contributed by atoms with Gasteiger partial charge < -0.3 is 9.84 Å². The molecule has 0 radical (unpaired) electrons. The molecule has 2 aromatic carbocycles. The van der Waals surface area contributed by atoms with Gasteiger partial charge in [-0.1, -0.05) is 35.0 Å². The Labute approximate surface area is 165 Å². The summed E-state index contributed by atoms with van der Waals surface area (Å²) in [7, 11) is -3.74. The van der Waals surface area contributed by atoms with Gasteiger partial charge in [-0.3, -0.25) is 10.1 Å². The van der Waals surface area contributed by atoms with Crippen molar-refractivity contribution in [2.75, 3.05) is 18.1 Å². The van der Waals surface area contributed by atoms with E-state index in [2.05, 4.69) is 15.5 Å². The molecule has 0 spiro atoms. The number of para-hydroxylation sites is 1. The Morgan fingerprint density at radius 1 is 1.25 bits per heavy atom. The lowest BCUT2D eigenvalue weighted by Crippen LogP contribution is -2.10. The second-order valence-corrected chi connectivity index (χ2v) is 8.30. The SMILES string of the molecule is CS(=O)(=O)c1cccc(NCCc2nc(-c3cccc(Cl)c3)no2)c1[N+](=O)[O-]. The quantitative estimate of drug-likeness (QED) is 0.453. The van der Waals surface area contributed by atoms with Gasteiger partial charge in [0.25, 0.3) is 0 Å². The Balaban J connectivity index is 1.73. The van der Waals surface area contributed by atoms with Crippen molar-refractivity contribution in [2.24, 2.45) is 0 Å². The summed E-state index contributed by atoms with van der Waals surface area (Å²) >= 11 is 5.94. The zero-order valence-corrected chi connectivity index (χ0v) is 16.2. The molecule has 0 aliphatic heterocycles. The topological polar surface area (TPSA) is 128 Å². The largest absolute Gasteiger partial charge is 0.379 e. The van der Waals surface area contributed by atoms with Gasteiger partial charge in [0, 0.05) is 29.8 Å². The maximum atomic E-state index is 11.8. The summed E-state index contributed by atoms with van der Waals surface area (Å²) in [5.74, 6) is 0.701. The minimum Gasteiger partial charge on any atom is -0.379 e.